The number of nitrogens with one attached hydrogen (secondary N) is 1. The van der Waals surface area contributed by atoms with Gasteiger partial charge in [0.25, 0.3) is 5.24 Å². The molecule has 5 heteroatoms. The summed E-state index contributed by atoms with van der Waals surface area (Å²) in [7, 11) is 0. The van der Waals surface area contributed by atoms with Gasteiger partial charge in [-0.15, -0.1) is 0 Å². The van der Waals surface area contributed by atoms with Gasteiger partial charge < -0.3 is 5.32 Å². The van der Waals surface area contributed by atoms with Gasteiger partial charge in [0.2, 0.25) is 0 Å². The minimum atomic E-state index is -0.501. The number of carbonyl (C=O) groups excluding carboxylic acids is 1. The molecule has 0 aliphatic rings. The van der Waals surface area contributed by atoms with Gasteiger partial charge in [-0.05, 0) is 18.2 Å². The molecule has 0 bridgehead atoms. The summed E-state index contributed by atoms with van der Waals surface area (Å²) in [6, 6.07) is 4.16. The Morgan fingerprint density at radius 3 is 2.92 bits per heavy atom. The number of benzene rings is 1. The zero-order valence-electron chi connectivity index (χ0n) is 6.55. The lowest BCUT2D eigenvalue weighted by atomic mass is 10.2. The first kappa shape index (κ1) is 10.3. The summed E-state index contributed by atoms with van der Waals surface area (Å²) >= 11 is 9.12. The summed E-state index contributed by atoms with van der Waals surface area (Å²) in [6.45, 7) is 0.0920. The van der Waals surface area contributed by atoms with E-state index in [4.69, 9.17) is 11.6 Å². The van der Waals surface area contributed by atoms with Crippen LogP contribution in [0, 0.1) is 5.82 Å². The first-order valence-electron chi connectivity index (χ1n) is 3.50. The maximum absolute atomic E-state index is 13.0. The van der Waals surface area contributed by atoms with Crippen molar-refractivity contribution in [2.45, 2.75) is 6.54 Å². The molecule has 0 heterocycles. The van der Waals surface area contributed by atoms with Crippen LogP contribution in [-0.2, 0) is 6.54 Å². The van der Waals surface area contributed by atoms with Crippen LogP contribution >= 0.6 is 24.2 Å². The monoisotopic (exact) mass is 219 g/mol. The second kappa shape index (κ2) is 4.48. The lowest BCUT2D eigenvalue weighted by Crippen LogP contribution is -2.16. The quantitative estimate of drug-likeness (QED) is 0.736. The molecule has 1 rings (SSSR count). The van der Waals surface area contributed by atoms with E-state index in [9.17, 15) is 9.18 Å². The van der Waals surface area contributed by atoms with E-state index in [2.05, 4.69) is 17.9 Å². The summed E-state index contributed by atoms with van der Waals surface area (Å²) in [5, 5.41) is 2.29. The molecule has 0 atom stereocenters. The van der Waals surface area contributed by atoms with Crippen molar-refractivity contribution in [1.29, 1.82) is 0 Å². The van der Waals surface area contributed by atoms with Gasteiger partial charge in [0.15, 0.2) is 0 Å². The summed E-state index contributed by atoms with van der Waals surface area (Å²) < 4.78 is 13.0. The SMILES string of the molecule is O=C(S)NCc1cc(Cl)ccc1F. The highest BCUT2D eigenvalue weighted by Crippen LogP contribution is 2.14. The van der Waals surface area contributed by atoms with Crippen molar-refractivity contribution in [2.75, 3.05) is 0 Å². The summed E-state index contributed by atoms with van der Waals surface area (Å²) in [5.41, 5.74) is 0.342. The second-order valence-corrected chi connectivity index (χ2v) is 3.24. The molecular formula is C8H7ClFNOS. The molecule has 0 aromatic heterocycles. The van der Waals surface area contributed by atoms with Crippen molar-refractivity contribution in [3.63, 3.8) is 0 Å². The van der Waals surface area contributed by atoms with Gasteiger partial charge in [-0.25, -0.2) is 4.39 Å². The minimum absolute atomic E-state index is 0.0920. The molecule has 0 aliphatic carbocycles. The van der Waals surface area contributed by atoms with Crippen molar-refractivity contribution < 1.29 is 9.18 Å². The number of hydrogen-bond donors (Lipinski definition) is 2. The van der Waals surface area contributed by atoms with Crippen LogP contribution in [0.4, 0.5) is 9.18 Å². The Morgan fingerprint density at radius 1 is 1.62 bits per heavy atom. The number of hydrogen-bond acceptors (Lipinski definition) is 1. The fourth-order valence-corrected chi connectivity index (χ4v) is 1.12. The van der Waals surface area contributed by atoms with Crippen molar-refractivity contribution in [3.05, 3.63) is 34.6 Å². The average Bonchev–Trinajstić information content (AvgIpc) is 2.06. The Bertz CT molecular complexity index is 332. The number of thiol groups is 1. The van der Waals surface area contributed by atoms with E-state index in [-0.39, 0.29) is 6.54 Å². The van der Waals surface area contributed by atoms with Crippen molar-refractivity contribution in [1.82, 2.24) is 5.32 Å². The lowest BCUT2D eigenvalue weighted by molar-refractivity contribution is 0.260. The van der Waals surface area contributed by atoms with Crippen molar-refractivity contribution >= 4 is 29.5 Å². The Kier molecular flexibility index (Phi) is 3.57. The number of halogens is 2. The van der Waals surface area contributed by atoms with E-state index in [0.717, 1.165) is 0 Å². The maximum atomic E-state index is 13.0. The zero-order chi connectivity index (χ0) is 9.84. The summed E-state index contributed by atoms with van der Waals surface area (Å²) in [5.74, 6) is -0.397. The van der Waals surface area contributed by atoms with E-state index >= 15 is 0 Å². The van der Waals surface area contributed by atoms with Gasteiger partial charge in [0.05, 0.1) is 0 Å². The van der Waals surface area contributed by atoms with Gasteiger partial charge in [-0.2, -0.15) is 0 Å². The third kappa shape index (κ3) is 3.24. The normalized spacial score (nSPS) is 9.77. The molecule has 70 valence electrons. The second-order valence-electron chi connectivity index (χ2n) is 2.39. The fraction of sp³-hybridized carbons (Fsp3) is 0.125. The molecule has 1 N–H and O–H groups in total. The molecule has 13 heavy (non-hydrogen) atoms. The summed E-state index contributed by atoms with van der Waals surface area (Å²) in [4.78, 5) is 10.4. The molecule has 0 saturated carbocycles. The Hall–Kier alpha value is -0.740. The smallest absolute Gasteiger partial charge is 0.276 e. The van der Waals surface area contributed by atoms with Crippen molar-refractivity contribution in [2.24, 2.45) is 0 Å². The van der Waals surface area contributed by atoms with Gasteiger partial charge >= 0.3 is 0 Å². The molecule has 0 spiro atoms. The maximum Gasteiger partial charge on any atom is 0.276 e. The Morgan fingerprint density at radius 2 is 2.31 bits per heavy atom. The van der Waals surface area contributed by atoms with Crippen LogP contribution in [-0.4, -0.2) is 5.24 Å². The van der Waals surface area contributed by atoms with Gasteiger partial charge in [-0.1, -0.05) is 24.2 Å². The number of rotatable bonds is 2. The van der Waals surface area contributed by atoms with Crippen LogP contribution in [0.2, 0.25) is 5.02 Å². The van der Waals surface area contributed by atoms with E-state index in [1.54, 1.807) is 0 Å². The van der Waals surface area contributed by atoms with E-state index < -0.39 is 11.1 Å². The zero-order valence-corrected chi connectivity index (χ0v) is 8.20. The standard InChI is InChI=1S/C8H7ClFNOS/c9-6-1-2-7(10)5(3-6)4-11-8(12)13/h1-3H,4H2,(H2,11,12,13). The topological polar surface area (TPSA) is 29.1 Å². The molecule has 0 fully saturated rings. The predicted molar refractivity (Wildman–Crippen MR) is 52.6 cm³/mol. The largest absolute Gasteiger partial charge is 0.343 e. The first-order valence-corrected chi connectivity index (χ1v) is 4.33. The Labute approximate surface area is 85.5 Å². The summed E-state index contributed by atoms with van der Waals surface area (Å²) in [6.07, 6.45) is 0. The third-order valence-corrected chi connectivity index (χ3v) is 1.83. The molecular weight excluding hydrogens is 213 g/mol. The van der Waals surface area contributed by atoms with Crippen LogP contribution in [0.3, 0.4) is 0 Å². The van der Waals surface area contributed by atoms with Crippen LogP contribution in [0.15, 0.2) is 18.2 Å². The number of carbonyl (C=O) groups is 1. The molecule has 0 unspecified atom stereocenters. The van der Waals surface area contributed by atoms with E-state index in [1.807, 2.05) is 0 Å². The molecule has 0 saturated heterocycles. The van der Waals surface area contributed by atoms with E-state index in [1.165, 1.54) is 18.2 Å². The highest BCUT2D eigenvalue weighted by molar-refractivity contribution is 7.96. The fourth-order valence-electron chi connectivity index (χ4n) is 0.850. The van der Waals surface area contributed by atoms with Crippen LogP contribution in [0.1, 0.15) is 5.56 Å². The van der Waals surface area contributed by atoms with Gasteiger partial charge in [0.1, 0.15) is 5.82 Å². The van der Waals surface area contributed by atoms with Crippen LogP contribution < -0.4 is 5.32 Å². The lowest BCUT2D eigenvalue weighted by Gasteiger charge is -2.03. The van der Waals surface area contributed by atoms with Crippen LogP contribution in [0.5, 0.6) is 0 Å². The third-order valence-electron chi connectivity index (χ3n) is 1.44. The van der Waals surface area contributed by atoms with Gasteiger partial charge in [-0.3, -0.25) is 4.79 Å². The van der Waals surface area contributed by atoms with E-state index in [0.29, 0.717) is 10.6 Å². The molecule has 0 radical (unpaired) electrons. The van der Waals surface area contributed by atoms with Crippen molar-refractivity contribution in [3.8, 4) is 0 Å². The highest BCUT2D eigenvalue weighted by atomic mass is 35.5. The molecule has 1 amide bonds. The predicted octanol–water partition coefficient (Wildman–Crippen LogP) is 2.62. The average molecular weight is 220 g/mol. The first-order chi connectivity index (χ1) is 6.09. The molecule has 0 aliphatic heterocycles. The molecule has 1 aromatic rings. The molecule has 2 nitrogen and oxygen atoms in total. The number of amides is 1. The molecule has 1 aromatic carbocycles. The minimum Gasteiger partial charge on any atom is -0.343 e. The Balaban J connectivity index is 2.75. The highest BCUT2D eigenvalue weighted by Gasteiger charge is 2.03. The van der Waals surface area contributed by atoms with Crippen LogP contribution in [0.25, 0.3) is 0 Å². The van der Waals surface area contributed by atoms with Gasteiger partial charge in [0, 0.05) is 17.1 Å².